The molecular weight excluding hydrogens is 334 g/mol. The Morgan fingerprint density at radius 2 is 2.12 bits per heavy atom. The zero-order chi connectivity index (χ0) is 18.3. The molecule has 7 heteroatoms. The molecule has 1 aromatic rings. The molecule has 26 heavy (non-hydrogen) atoms. The largest absolute Gasteiger partial charge is 0.393 e. The van der Waals surface area contributed by atoms with Crippen molar-refractivity contribution in [3.8, 4) is 0 Å². The Morgan fingerprint density at radius 3 is 2.85 bits per heavy atom. The Bertz CT molecular complexity index is 704. The predicted octanol–water partition coefficient (Wildman–Crippen LogP) is 0.820. The Balaban J connectivity index is 1.42. The van der Waals surface area contributed by atoms with E-state index < -0.39 is 0 Å². The van der Waals surface area contributed by atoms with Gasteiger partial charge < -0.3 is 20.1 Å². The first-order valence-corrected chi connectivity index (χ1v) is 9.30. The van der Waals surface area contributed by atoms with Crippen LogP contribution in [0.5, 0.6) is 0 Å². The summed E-state index contributed by atoms with van der Waals surface area (Å²) in [5.74, 6) is 0.0452. The van der Waals surface area contributed by atoms with Crippen LogP contribution in [0.2, 0.25) is 0 Å². The number of aliphatic hydroxyl groups is 1. The van der Waals surface area contributed by atoms with Crippen LogP contribution in [0.15, 0.2) is 18.3 Å². The number of aliphatic hydroxyl groups excluding tert-OH is 1. The van der Waals surface area contributed by atoms with Gasteiger partial charge in [-0.1, -0.05) is 0 Å². The van der Waals surface area contributed by atoms with Gasteiger partial charge in [0.05, 0.1) is 36.6 Å². The highest BCUT2D eigenvalue weighted by molar-refractivity contribution is 5.93. The quantitative estimate of drug-likeness (QED) is 0.834. The zero-order valence-corrected chi connectivity index (χ0v) is 14.9. The number of carbonyl (C=O) groups is 2. The van der Waals surface area contributed by atoms with Crippen LogP contribution in [-0.2, 0) is 14.3 Å². The van der Waals surface area contributed by atoms with Crippen LogP contribution in [0, 0.1) is 30.6 Å². The number of likely N-dealkylation sites (tertiary alicyclic amines) is 1. The number of hydrogen-bond acceptors (Lipinski definition) is 5. The second kappa shape index (κ2) is 6.96. The van der Waals surface area contributed by atoms with Crippen LogP contribution >= 0.6 is 0 Å². The molecule has 3 aliphatic rings. The topological polar surface area (TPSA) is 91.8 Å². The number of ether oxygens (including phenoxy) is 1. The molecular formula is C19H25N3O4. The first kappa shape index (κ1) is 17.4. The average molecular weight is 359 g/mol. The summed E-state index contributed by atoms with van der Waals surface area (Å²) < 4.78 is 5.68. The van der Waals surface area contributed by atoms with Crippen LogP contribution in [0.25, 0.3) is 0 Å². The normalized spacial score (nSPS) is 33.3. The fraction of sp³-hybridized carbons (Fsp3) is 0.632. The number of hydrogen-bond donors (Lipinski definition) is 2. The van der Waals surface area contributed by atoms with Crippen molar-refractivity contribution in [2.24, 2.45) is 23.7 Å². The summed E-state index contributed by atoms with van der Waals surface area (Å²) in [6.45, 7) is 4.09. The molecule has 1 saturated carbocycles. The van der Waals surface area contributed by atoms with Gasteiger partial charge in [-0.25, -0.2) is 0 Å². The Kier molecular flexibility index (Phi) is 4.67. The number of anilines is 1. The Hall–Kier alpha value is -1.99. The zero-order valence-electron chi connectivity index (χ0n) is 14.9. The lowest BCUT2D eigenvalue weighted by atomic mass is 9.81. The maximum Gasteiger partial charge on any atom is 0.230 e. The second-order valence-corrected chi connectivity index (χ2v) is 7.76. The van der Waals surface area contributed by atoms with Gasteiger partial charge in [-0.3, -0.25) is 14.6 Å². The minimum absolute atomic E-state index is 0.0589. The molecule has 0 bridgehead atoms. The number of aryl methyl sites for hydroxylation is 1. The number of rotatable bonds is 3. The van der Waals surface area contributed by atoms with Gasteiger partial charge in [-0.15, -0.1) is 0 Å². The maximum atomic E-state index is 12.8. The SMILES string of the molecule is Cc1ncccc1NC(=O)[C@@H]1COC[C@H]2CN(C(=O)C3CC(O)C3)C[C@H]21. The molecule has 2 saturated heterocycles. The smallest absolute Gasteiger partial charge is 0.230 e. The lowest BCUT2D eigenvalue weighted by molar-refractivity contribution is -0.141. The van der Waals surface area contributed by atoms with Gasteiger partial charge in [-0.05, 0) is 37.8 Å². The molecule has 0 aromatic carbocycles. The molecule has 1 aromatic heterocycles. The monoisotopic (exact) mass is 359 g/mol. The van der Waals surface area contributed by atoms with Crippen LogP contribution in [0.4, 0.5) is 5.69 Å². The Labute approximate surface area is 152 Å². The third-order valence-electron chi connectivity index (χ3n) is 6.01. The van der Waals surface area contributed by atoms with Crippen molar-refractivity contribution in [2.45, 2.75) is 25.9 Å². The van der Waals surface area contributed by atoms with Crippen molar-refractivity contribution in [3.05, 3.63) is 24.0 Å². The first-order valence-electron chi connectivity index (χ1n) is 9.30. The van der Waals surface area contributed by atoms with Gasteiger partial charge in [-0.2, -0.15) is 0 Å². The van der Waals surface area contributed by atoms with Gasteiger partial charge >= 0.3 is 0 Å². The fourth-order valence-electron chi connectivity index (χ4n) is 4.34. The molecule has 2 aliphatic heterocycles. The molecule has 140 valence electrons. The van der Waals surface area contributed by atoms with E-state index in [0.717, 1.165) is 5.69 Å². The van der Waals surface area contributed by atoms with Crippen molar-refractivity contribution >= 4 is 17.5 Å². The molecule has 3 heterocycles. The number of nitrogens with one attached hydrogen (secondary N) is 1. The molecule has 0 spiro atoms. The first-order chi connectivity index (χ1) is 12.5. The average Bonchev–Trinajstić information content (AvgIpc) is 3.04. The van der Waals surface area contributed by atoms with Crippen LogP contribution in [0.1, 0.15) is 18.5 Å². The van der Waals surface area contributed by atoms with Gasteiger partial charge in [0.1, 0.15) is 0 Å². The van der Waals surface area contributed by atoms with Crippen molar-refractivity contribution in [1.82, 2.24) is 9.88 Å². The molecule has 0 radical (unpaired) electrons. The number of pyridine rings is 1. The van der Waals surface area contributed by atoms with Crippen molar-refractivity contribution in [3.63, 3.8) is 0 Å². The lowest BCUT2D eigenvalue weighted by Crippen LogP contribution is -2.43. The van der Waals surface area contributed by atoms with Gasteiger partial charge in [0.15, 0.2) is 0 Å². The highest BCUT2D eigenvalue weighted by atomic mass is 16.5. The minimum Gasteiger partial charge on any atom is -0.393 e. The highest BCUT2D eigenvalue weighted by Gasteiger charge is 2.47. The van der Waals surface area contributed by atoms with E-state index in [1.807, 2.05) is 17.9 Å². The van der Waals surface area contributed by atoms with Crippen LogP contribution in [-0.4, -0.2) is 59.2 Å². The standard InChI is InChI=1S/C19H25N3O4/c1-11-17(3-2-4-20-11)21-18(24)16-10-26-9-13-7-22(8-15(13)16)19(25)12-5-14(23)6-12/h2-4,12-16,23H,5-10H2,1H3,(H,21,24)/t12?,13-,14?,15-,16-/m1/s1. The van der Waals surface area contributed by atoms with Crippen molar-refractivity contribution in [1.29, 1.82) is 0 Å². The summed E-state index contributed by atoms with van der Waals surface area (Å²) in [5, 5.41) is 12.4. The predicted molar refractivity (Wildman–Crippen MR) is 94.2 cm³/mol. The van der Waals surface area contributed by atoms with E-state index in [1.165, 1.54) is 0 Å². The van der Waals surface area contributed by atoms with Crippen LogP contribution < -0.4 is 5.32 Å². The number of amides is 2. The van der Waals surface area contributed by atoms with E-state index in [0.29, 0.717) is 44.8 Å². The molecule has 3 atom stereocenters. The summed E-state index contributed by atoms with van der Waals surface area (Å²) in [6, 6.07) is 3.64. The number of carbonyl (C=O) groups excluding carboxylic acids is 2. The van der Waals surface area contributed by atoms with Crippen LogP contribution in [0.3, 0.4) is 0 Å². The molecule has 3 fully saturated rings. The highest BCUT2D eigenvalue weighted by Crippen LogP contribution is 2.37. The van der Waals surface area contributed by atoms with Gasteiger partial charge in [0, 0.05) is 31.1 Å². The molecule has 4 rings (SSSR count). The summed E-state index contributed by atoms with van der Waals surface area (Å²) in [6.07, 6.45) is 2.48. The fourth-order valence-corrected chi connectivity index (χ4v) is 4.34. The van der Waals surface area contributed by atoms with E-state index in [4.69, 9.17) is 4.74 Å². The van der Waals surface area contributed by atoms with Gasteiger partial charge in [0.2, 0.25) is 11.8 Å². The summed E-state index contributed by atoms with van der Waals surface area (Å²) in [5.41, 5.74) is 1.50. The molecule has 0 unspecified atom stereocenters. The maximum absolute atomic E-state index is 12.8. The number of nitrogens with zero attached hydrogens (tertiary/aromatic N) is 2. The molecule has 1 aliphatic carbocycles. The third-order valence-corrected chi connectivity index (χ3v) is 6.01. The number of fused-ring (bicyclic) bond motifs is 1. The van der Waals surface area contributed by atoms with E-state index >= 15 is 0 Å². The summed E-state index contributed by atoms with van der Waals surface area (Å²) in [7, 11) is 0. The molecule has 2 N–H and O–H groups in total. The Morgan fingerprint density at radius 1 is 1.31 bits per heavy atom. The molecule has 7 nitrogen and oxygen atoms in total. The van der Waals surface area contributed by atoms with Crippen molar-refractivity contribution < 1.29 is 19.4 Å². The van der Waals surface area contributed by atoms with E-state index in [-0.39, 0.29) is 41.6 Å². The number of aromatic nitrogens is 1. The van der Waals surface area contributed by atoms with E-state index in [1.54, 1.807) is 12.3 Å². The van der Waals surface area contributed by atoms with E-state index in [9.17, 15) is 14.7 Å². The third kappa shape index (κ3) is 3.21. The van der Waals surface area contributed by atoms with Crippen molar-refractivity contribution in [2.75, 3.05) is 31.6 Å². The molecule has 2 amide bonds. The summed E-state index contributed by atoms with van der Waals surface area (Å²) >= 11 is 0. The summed E-state index contributed by atoms with van der Waals surface area (Å²) in [4.78, 5) is 31.5. The minimum atomic E-state index is -0.335. The van der Waals surface area contributed by atoms with E-state index in [2.05, 4.69) is 10.3 Å². The second-order valence-electron chi connectivity index (χ2n) is 7.76. The van der Waals surface area contributed by atoms with Gasteiger partial charge in [0.25, 0.3) is 0 Å². The lowest BCUT2D eigenvalue weighted by Gasteiger charge is -2.33.